The van der Waals surface area contributed by atoms with Crippen molar-refractivity contribution in [2.24, 2.45) is 10.7 Å². The van der Waals surface area contributed by atoms with E-state index >= 15 is 0 Å². The lowest BCUT2D eigenvalue weighted by atomic mass is 9.84. The molecule has 22 heavy (non-hydrogen) atoms. The summed E-state index contributed by atoms with van der Waals surface area (Å²) in [6.07, 6.45) is 0. The number of para-hydroxylation sites is 1. The molecule has 0 spiro atoms. The van der Waals surface area contributed by atoms with E-state index in [4.69, 9.17) is 5.73 Å². The Hall–Kier alpha value is -1.56. The average Bonchev–Trinajstić information content (AvgIpc) is 2.47. The van der Waals surface area contributed by atoms with Crippen molar-refractivity contribution in [1.29, 1.82) is 0 Å². The summed E-state index contributed by atoms with van der Waals surface area (Å²) in [5.74, 6) is 0.446. The zero-order chi connectivity index (χ0) is 15.3. The van der Waals surface area contributed by atoms with Crippen LogP contribution in [0, 0.1) is 6.92 Å². The molecule has 0 saturated heterocycles. The maximum Gasteiger partial charge on any atom is 0.193 e. The highest BCUT2D eigenvalue weighted by Crippen LogP contribution is 2.23. The summed E-state index contributed by atoms with van der Waals surface area (Å²) >= 11 is 0. The van der Waals surface area contributed by atoms with Crippen molar-refractivity contribution in [3.05, 3.63) is 65.7 Å². The highest BCUT2D eigenvalue weighted by molar-refractivity contribution is 14.0. The molecule has 0 aliphatic rings. The molecule has 0 radical (unpaired) electrons. The molecular formula is C18H24IN3. The van der Waals surface area contributed by atoms with Gasteiger partial charge in [0.25, 0.3) is 0 Å². The SMILES string of the molecule is Cc1ccc(C(C)(C)CN=C(N)Nc2ccccc2)cc1.I. The van der Waals surface area contributed by atoms with Crippen molar-refractivity contribution in [3.8, 4) is 0 Å². The summed E-state index contributed by atoms with van der Waals surface area (Å²) in [5.41, 5.74) is 9.39. The number of nitrogens with zero attached hydrogens (tertiary/aromatic N) is 1. The standard InChI is InChI=1S/C18H23N3.HI/c1-14-9-11-15(12-10-14)18(2,3)13-20-17(19)21-16-7-5-4-6-8-16;/h4-12H,13H2,1-3H3,(H3,19,20,21);1H. The molecule has 2 aromatic carbocycles. The zero-order valence-electron chi connectivity index (χ0n) is 13.3. The Morgan fingerprint density at radius 3 is 2.23 bits per heavy atom. The summed E-state index contributed by atoms with van der Waals surface area (Å²) in [4.78, 5) is 4.47. The zero-order valence-corrected chi connectivity index (χ0v) is 15.7. The number of guanidine groups is 1. The van der Waals surface area contributed by atoms with Crippen LogP contribution in [0.25, 0.3) is 0 Å². The van der Waals surface area contributed by atoms with Crippen LogP contribution in [0.15, 0.2) is 59.6 Å². The van der Waals surface area contributed by atoms with E-state index in [1.165, 1.54) is 11.1 Å². The number of nitrogens with two attached hydrogens (primary N) is 1. The van der Waals surface area contributed by atoms with Gasteiger partial charge in [-0.15, -0.1) is 24.0 Å². The number of nitrogens with one attached hydrogen (secondary N) is 1. The van der Waals surface area contributed by atoms with Crippen molar-refractivity contribution in [2.75, 3.05) is 11.9 Å². The molecule has 4 heteroatoms. The Balaban J connectivity index is 0.00000242. The Morgan fingerprint density at radius 1 is 1.05 bits per heavy atom. The van der Waals surface area contributed by atoms with Gasteiger partial charge >= 0.3 is 0 Å². The van der Waals surface area contributed by atoms with E-state index in [-0.39, 0.29) is 29.4 Å². The number of rotatable bonds is 4. The molecule has 0 heterocycles. The number of benzene rings is 2. The van der Waals surface area contributed by atoms with Gasteiger partial charge in [-0.2, -0.15) is 0 Å². The van der Waals surface area contributed by atoms with Crippen LogP contribution in [0.5, 0.6) is 0 Å². The maximum absolute atomic E-state index is 5.95. The van der Waals surface area contributed by atoms with E-state index in [1.54, 1.807) is 0 Å². The molecule has 0 aliphatic carbocycles. The Kier molecular flexibility index (Phi) is 6.87. The molecule has 0 aromatic heterocycles. The predicted molar refractivity (Wildman–Crippen MR) is 106 cm³/mol. The monoisotopic (exact) mass is 409 g/mol. The molecule has 118 valence electrons. The molecule has 0 bridgehead atoms. The number of anilines is 1. The van der Waals surface area contributed by atoms with E-state index in [2.05, 4.69) is 55.3 Å². The van der Waals surface area contributed by atoms with Crippen LogP contribution >= 0.6 is 24.0 Å². The fraction of sp³-hybridized carbons (Fsp3) is 0.278. The number of halogens is 1. The molecule has 0 unspecified atom stereocenters. The second-order valence-electron chi connectivity index (χ2n) is 5.94. The van der Waals surface area contributed by atoms with E-state index in [0.717, 1.165) is 5.69 Å². The van der Waals surface area contributed by atoms with Gasteiger partial charge in [-0.3, -0.25) is 4.99 Å². The third kappa shape index (κ3) is 5.33. The van der Waals surface area contributed by atoms with Crippen LogP contribution in [0.1, 0.15) is 25.0 Å². The maximum atomic E-state index is 5.95. The van der Waals surface area contributed by atoms with Crippen molar-refractivity contribution in [2.45, 2.75) is 26.2 Å². The largest absolute Gasteiger partial charge is 0.370 e. The first-order valence-corrected chi connectivity index (χ1v) is 7.16. The molecule has 3 nitrogen and oxygen atoms in total. The van der Waals surface area contributed by atoms with Crippen LogP contribution in [0.3, 0.4) is 0 Å². The number of hydrogen-bond donors (Lipinski definition) is 2. The molecule has 0 amide bonds. The van der Waals surface area contributed by atoms with Gasteiger partial charge in [0.1, 0.15) is 0 Å². The third-order valence-electron chi connectivity index (χ3n) is 3.52. The van der Waals surface area contributed by atoms with Crippen LogP contribution in [0.2, 0.25) is 0 Å². The molecule has 0 atom stereocenters. The van der Waals surface area contributed by atoms with Gasteiger partial charge in [-0.1, -0.05) is 61.9 Å². The molecule has 3 N–H and O–H groups in total. The van der Waals surface area contributed by atoms with Crippen molar-refractivity contribution in [3.63, 3.8) is 0 Å². The van der Waals surface area contributed by atoms with Gasteiger partial charge in [0, 0.05) is 11.1 Å². The Bertz CT molecular complexity index is 604. The lowest BCUT2D eigenvalue weighted by Crippen LogP contribution is -2.27. The Morgan fingerprint density at radius 2 is 1.64 bits per heavy atom. The minimum Gasteiger partial charge on any atom is -0.370 e. The van der Waals surface area contributed by atoms with Crippen molar-refractivity contribution >= 4 is 35.6 Å². The van der Waals surface area contributed by atoms with Gasteiger partial charge in [0.15, 0.2) is 5.96 Å². The number of hydrogen-bond acceptors (Lipinski definition) is 1. The normalized spacial score (nSPS) is 11.7. The molecule has 2 aromatic rings. The number of aliphatic imine (C=N–C) groups is 1. The summed E-state index contributed by atoms with van der Waals surface area (Å²) in [6.45, 7) is 7.09. The van der Waals surface area contributed by atoms with E-state index in [1.807, 2.05) is 30.3 Å². The second-order valence-corrected chi connectivity index (χ2v) is 5.94. The van der Waals surface area contributed by atoms with Crippen LogP contribution in [0.4, 0.5) is 5.69 Å². The minimum absolute atomic E-state index is 0. The quantitative estimate of drug-likeness (QED) is 0.449. The van der Waals surface area contributed by atoms with E-state index in [9.17, 15) is 0 Å². The molecule has 0 fully saturated rings. The lowest BCUT2D eigenvalue weighted by Gasteiger charge is -2.23. The smallest absolute Gasteiger partial charge is 0.193 e. The molecular weight excluding hydrogens is 385 g/mol. The van der Waals surface area contributed by atoms with Crippen LogP contribution < -0.4 is 11.1 Å². The summed E-state index contributed by atoms with van der Waals surface area (Å²) in [7, 11) is 0. The fourth-order valence-corrected chi connectivity index (χ4v) is 2.09. The van der Waals surface area contributed by atoms with Gasteiger partial charge in [-0.05, 0) is 24.6 Å². The van der Waals surface area contributed by atoms with Gasteiger partial charge < -0.3 is 11.1 Å². The second kappa shape index (κ2) is 8.17. The number of aryl methyl sites for hydroxylation is 1. The van der Waals surface area contributed by atoms with Gasteiger partial charge in [0.2, 0.25) is 0 Å². The first-order valence-electron chi connectivity index (χ1n) is 7.16. The summed E-state index contributed by atoms with van der Waals surface area (Å²) in [5, 5.41) is 3.10. The highest BCUT2D eigenvalue weighted by Gasteiger charge is 2.20. The average molecular weight is 409 g/mol. The van der Waals surface area contributed by atoms with E-state index in [0.29, 0.717) is 12.5 Å². The molecule has 0 aliphatic heterocycles. The lowest BCUT2D eigenvalue weighted by molar-refractivity contribution is 0.540. The summed E-state index contributed by atoms with van der Waals surface area (Å²) < 4.78 is 0. The molecule has 2 rings (SSSR count). The van der Waals surface area contributed by atoms with Crippen LogP contribution in [-0.4, -0.2) is 12.5 Å². The summed E-state index contributed by atoms with van der Waals surface area (Å²) in [6, 6.07) is 18.4. The molecule has 0 saturated carbocycles. The van der Waals surface area contributed by atoms with Crippen molar-refractivity contribution < 1.29 is 0 Å². The van der Waals surface area contributed by atoms with Crippen LogP contribution in [-0.2, 0) is 5.41 Å². The Labute approximate surface area is 150 Å². The first-order chi connectivity index (χ1) is 9.97. The fourth-order valence-electron chi connectivity index (χ4n) is 2.09. The highest BCUT2D eigenvalue weighted by atomic mass is 127. The minimum atomic E-state index is -0.0450. The van der Waals surface area contributed by atoms with Gasteiger partial charge in [0.05, 0.1) is 6.54 Å². The van der Waals surface area contributed by atoms with Gasteiger partial charge in [-0.25, -0.2) is 0 Å². The third-order valence-corrected chi connectivity index (χ3v) is 3.52. The predicted octanol–water partition coefficient (Wildman–Crippen LogP) is 4.32. The first kappa shape index (κ1) is 18.5. The topological polar surface area (TPSA) is 50.4 Å². The van der Waals surface area contributed by atoms with Crippen molar-refractivity contribution in [1.82, 2.24) is 0 Å². The van der Waals surface area contributed by atoms with E-state index < -0.39 is 0 Å².